The number of benzene rings is 3. The second-order valence-corrected chi connectivity index (χ2v) is 13.0. The van der Waals surface area contributed by atoms with Crippen molar-refractivity contribution in [3.05, 3.63) is 105 Å². The summed E-state index contributed by atoms with van der Waals surface area (Å²) in [5.41, 5.74) is 6.53. The standard InChI is InChI=1S/C34H33Cl2N5O2/c35-27-3-1-2-25(31(27)36)32(42)39-28-9-7-23-5-6-24(19-26(23)28)33(43)41-17-12-34(21-41)10-15-40(16-11-34)20-22-4-8-29-30(18-22)38-14-13-37-29/h1-6,8,13-14,18-19,28H,7,9-12,15-17,20-21H2,(H,39,42). The Labute approximate surface area is 261 Å². The molecule has 1 atom stereocenters. The zero-order valence-electron chi connectivity index (χ0n) is 23.9. The van der Waals surface area contributed by atoms with Crippen LogP contribution in [0.2, 0.25) is 10.0 Å². The maximum Gasteiger partial charge on any atom is 0.253 e. The van der Waals surface area contributed by atoms with E-state index in [-0.39, 0.29) is 28.3 Å². The maximum atomic E-state index is 13.7. The number of halogens is 2. The van der Waals surface area contributed by atoms with Crippen molar-refractivity contribution in [2.24, 2.45) is 5.41 Å². The molecular weight excluding hydrogens is 581 g/mol. The minimum absolute atomic E-state index is 0.0780. The molecule has 4 aromatic rings. The summed E-state index contributed by atoms with van der Waals surface area (Å²) in [6, 6.07) is 17.2. The normalized spacial score (nSPS) is 19.6. The summed E-state index contributed by atoms with van der Waals surface area (Å²) in [7, 11) is 0. The lowest BCUT2D eigenvalue weighted by Crippen LogP contribution is -2.42. The van der Waals surface area contributed by atoms with Crippen LogP contribution in [0.25, 0.3) is 11.0 Å². The molecule has 1 spiro atoms. The molecule has 0 radical (unpaired) electrons. The Balaban J connectivity index is 0.978. The van der Waals surface area contributed by atoms with E-state index >= 15 is 0 Å². The molecule has 1 aliphatic carbocycles. The van der Waals surface area contributed by atoms with Gasteiger partial charge in [0.2, 0.25) is 0 Å². The fraction of sp³-hybridized carbons (Fsp3) is 0.353. The van der Waals surface area contributed by atoms with Crippen molar-refractivity contribution in [2.75, 3.05) is 26.2 Å². The van der Waals surface area contributed by atoms with Crippen LogP contribution in [0.1, 0.15) is 69.1 Å². The fourth-order valence-electron chi connectivity index (χ4n) is 7.05. The van der Waals surface area contributed by atoms with E-state index < -0.39 is 0 Å². The smallest absolute Gasteiger partial charge is 0.253 e. The summed E-state index contributed by atoms with van der Waals surface area (Å²) in [5, 5.41) is 3.71. The first kappa shape index (κ1) is 28.3. The van der Waals surface area contributed by atoms with Gasteiger partial charge in [-0.3, -0.25) is 24.5 Å². The summed E-state index contributed by atoms with van der Waals surface area (Å²) in [4.78, 5) is 40.1. The number of aryl methyl sites for hydroxylation is 1. The molecule has 43 heavy (non-hydrogen) atoms. The molecule has 2 saturated heterocycles. The van der Waals surface area contributed by atoms with Crippen LogP contribution >= 0.6 is 23.2 Å². The lowest BCUT2D eigenvalue weighted by atomic mass is 9.77. The number of amides is 2. The van der Waals surface area contributed by atoms with Crippen LogP contribution in [0.15, 0.2) is 67.0 Å². The number of nitrogens with zero attached hydrogens (tertiary/aromatic N) is 4. The van der Waals surface area contributed by atoms with Crippen molar-refractivity contribution >= 4 is 46.0 Å². The van der Waals surface area contributed by atoms with Crippen LogP contribution in [0, 0.1) is 5.41 Å². The first-order valence-electron chi connectivity index (χ1n) is 15.0. The van der Waals surface area contributed by atoms with E-state index in [1.807, 2.05) is 29.2 Å². The molecule has 1 N–H and O–H groups in total. The van der Waals surface area contributed by atoms with Gasteiger partial charge in [0.25, 0.3) is 11.8 Å². The number of carbonyl (C=O) groups is 2. The Bertz CT molecular complexity index is 1720. The van der Waals surface area contributed by atoms with E-state index in [4.69, 9.17) is 23.2 Å². The van der Waals surface area contributed by atoms with Crippen molar-refractivity contribution < 1.29 is 9.59 Å². The molecule has 0 bridgehead atoms. The summed E-state index contributed by atoms with van der Waals surface area (Å²) in [6.45, 7) is 4.54. The number of aromatic nitrogens is 2. The van der Waals surface area contributed by atoms with Crippen LogP contribution in [-0.4, -0.2) is 57.8 Å². The molecule has 9 heteroatoms. The molecule has 2 fully saturated rings. The third-order valence-electron chi connectivity index (χ3n) is 9.55. The zero-order valence-corrected chi connectivity index (χ0v) is 25.4. The van der Waals surface area contributed by atoms with Gasteiger partial charge < -0.3 is 10.2 Å². The minimum atomic E-state index is -0.260. The van der Waals surface area contributed by atoms with Crippen molar-refractivity contribution in [2.45, 2.75) is 44.7 Å². The number of nitrogens with one attached hydrogen (secondary N) is 1. The highest BCUT2D eigenvalue weighted by Crippen LogP contribution is 2.41. The van der Waals surface area contributed by atoms with E-state index in [2.05, 4.69) is 32.3 Å². The molecule has 2 amide bonds. The summed E-state index contributed by atoms with van der Waals surface area (Å²) >= 11 is 12.4. The third-order valence-corrected chi connectivity index (χ3v) is 10.4. The Morgan fingerprint density at radius 2 is 1.72 bits per heavy atom. The van der Waals surface area contributed by atoms with Crippen LogP contribution < -0.4 is 5.32 Å². The number of hydrogen-bond acceptors (Lipinski definition) is 5. The second kappa shape index (κ2) is 11.5. The van der Waals surface area contributed by atoms with E-state index in [1.54, 1.807) is 30.6 Å². The van der Waals surface area contributed by atoms with Crippen LogP contribution in [0.4, 0.5) is 0 Å². The van der Waals surface area contributed by atoms with E-state index in [9.17, 15) is 9.59 Å². The third kappa shape index (κ3) is 5.62. The van der Waals surface area contributed by atoms with Gasteiger partial charge in [0.15, 0.2) is 0 Å². The summed E-state index contributed by atoms with van der Waals surface area (Å²) < 4.78 is 0. The highest BCUT2D eigenvalue weighted by Gasteiger charge is 2.42. The van der Waals surface area contributed by atoms with E-state index in [1.165, 1.54) is 11.1 Å². The molecule has 3 heterocycles. The monoisotopic (exact) mass is 613 g/mol. The van der Waals surface area contributed by atoms with Gasteiger partial charge in [-0.2, -0.15) is 0 Å². The van der Waals surface area contributed by atoms with Gasteiger partial charge in [0.1, 0.15) is 0 Å². The Hall–Kier alpha value is -3.52. The fourth-order valence-corrected chi connectivity index (χ4v) is 7.44. The Kier molecular flexibility index (Phi) is 7.58. The van der Waals surface area contributed by atoms with Gasteiger partial charge in [-0.15, -0.1) is 0 Å². The van der Waals surface area contributed by atoms with Gasteiger partial charge in [-0.05, 0) is 104 Å². The Morgan fingerprint density at radius 1 is 0.930 bits per heavy atom. The number of rotatable bonds is 5. The van der Waals surface area contributed by atoms with Crippen LogP contribution in [0.3, 0.4) is 0 Å². The lowest BCUT2D eigenvalue weighted by molar-refractivity contribution is 0.0713. The van der Waals surface area contributed by atoms with Crippen LogP contribution in [0.5, 0.6) is 0 Å². The maximum absolute atomic E-state index is 13.7. The number of hydrogen-bond donors (Lipinski definition) is 1. The lowest BCUT2D eigenvalue weighted by Gasteiger charge is -2.39. The number of likely N-dealkylation sites (tertiary alicyclic amines) is 2. The largest absolute Gasteiger partial charge is 0.345 e. The van der Waals surface area contributed by atoms with Gasteiger partial charge in [0, 0.05) is 37.6 Å². The highest BCUT2D eigenvalue weighted by molar-refractivity contribution is 6.43. The quantitative estimate of drug-likeness (QED) is 0.279. The zero-order chi connectivity index (χ0) is 29.6. The molecule has 7 rings (SSSR count). The molecule has 2 aliphatic heterocycles. The molecule has 3 aliphatic rings. The highest BCUT2D eigenvalue weighted by atomic mass is 35.5. The Morgan fingerprint density at radius 3 is 2.56 bits per heavy atom. The molecule has 1 aromatic heterocycles. The van der Waals surface area contributed by atoms with Crippen molar-refractivity contribution in [1.29, 1.82) is 0 Å². The number of piperidine rings is 1. The average Bonchev–Trinajstić information content (AvgIpc) is 3.63. The van der Waals surface area contributed by atoms with Gasteiger partial charge in [0.05, 0.1) is 32.7 Å². The van der Waals surface area contributed by atoms with Crippen molar-refractivity contribution in [1.82, 2.24) is 25.1 Å². The number of carbonyl (C=O) groups excluding carboxylic acids is 2. The molecule has 7 nitrogen and oxygen atoms in total. The van der Waals surface area contributed by atoms with E-state index in [0.29, 0.717) is 16.1 Å². The van der Waals surface area contributed by atoms with Crippen molar-refractivity contribution in [3.63, 3.8) is 0 Å². The topological polar surface area (TPSA) is 78.4 Å². The first-order valence-corrected chi connectivity index (χ1v) is 15.7. The first-order chi connectivity index (χ1) is 20.9. The minimum Gasteiger partial charge on any atom is -0.345 e. The van der Waals surface area contributed by atoms with Gasteiger partial charge in [-0.1, -0.05) is 41.4 Å². The number of fused-ring (bicyclic) bond motifs is 2. The molecular formula is C34H33Cl2N5O2. The molecule has 3 aromatic carbocycles. The second-order valence-electron chi connectivity index (χ2n) is 12.2. The molecule has 220 valence electrons. The molecule has 0 saturated carbocycles. The van der Waals surface area contributed by atoms with E-state index in [0.717, 1.165) is 81.4 Å². The molecule has 1 unspecified atom stereocenters. The predicted molar refractivity (Wildman–Crippen MR) is 168 cm³/mol. The summed E-state index contributed by atoms with van der Waals surface area (Å²) in [6.07, 6.45) is 8.33. The van der Waals surface area contributed by atoms with Crippen LogP contribution in [-0.2, 0) is 13.0 Å². The summed E-state index contributed by atoms with van der Waals surface area (Å²) in [5.74, 6) is -0.182. The van der Waals surface area contributed by atoms with Gasteiger partial charge in [-0.25, -0.2) is 0 Å². The van der Waals surface area contributed by atoms with Gasteiger partial charge >= 0.3 is 0 Å². The predicted octanol–water partition coefficient (Wildman–Crippen LogP) is 6.48. The average molecular weight is 615 g/mol. The SMILES string of the molecule is O=C(NC1CCc2ccc(C(=O)N3CCC4(CCN(Cc5ccc6nccnc6c5)CC4)C3)cc21)c1cccc(Cl)c1Cl. The van der Waals surface area contributed by atoms with Crippen molar-refractivity contribution in [3.8, 4) is 0 Å².